The van der Waals surface area contributed by atoms with Gasteiger partial charge in [-0.15, -0.1) is 23.5 Å². The lowest BCUT2D eigenvalue weighted by Crippen LogP contribution is -2.74. The standard InChI is InChI=1S/C29H30N2O6S2/c1-30-26(34)29(39-4)17-20-11-8-12-23(37-25(33)19-13-14-22(36-2)21(32)15-19)24(20)31(29)27(35)28(30,38-3)16-18-9-6-5-7-10-18/h5-15,23-24,32H,16-17H2,1-4H3. The Hall–Kier alpha value is -3.37. The average molecular weight is 567 g/mol. The van der Waals surface area contributed by atoms with E-state index in [1.807, 2.05) is 48.9 Å². The van der Waals surface area contributed by atoms with Crippen molar-refractivity contribution in [2.45, 2.75) is 34.7 Å². The molecule has 4 unspecified atom stereocenters. The molecule has 8 nitrogen and oxygen atoms in total. The minimum atomic E-state index is -1.16. The lowest BCUT2D eigenvalue weighted by molar-refractivity contribution is -0.165. The van der Waals surface area contributed by atoms with Crippen LogP contribution in [-0.2, 0) is 20.7 Å². The summed E-state index contributed by atoms with van der Waals surface area (Å²) in [6, 6.07) is 13.3. The topological polar surface area (TPSA) is 96.4 Å². The predicted octanol–water partition coefficient (Wildman–Crippen LogP) is 3.86. The van der Waals surface area contributed by atoms with E-state index in [1.165, 1.54) is 48.8 Å². The number of esters is 1. The number of thioether (sulfide) groups is 2. The van der Waals surface area contributed by atoms with Crippen molar-refractivity contribution < 1.29 is 29.0 Å². The molecule has 1 N–H and O–H groups in total. The summed E-state index contributed by atoms with van der Waals surface area (Å²) in [7, 11) is 3.13. The van der Waals surface area contributed by atoms with E-state index in [4.69, 9.17) is 9.47 Å². The number of rotatable bonds is 7. The molecular weight excluding hydrogens is 536 g/mol. The van der Waals surface area contributed by atoms with Crippen molar-refractivity contribution in [1.29, 1.82) is 0 Å². The maximum absolute atomic E-state index is 14.6. The van der Waals surface area contributed by atoms with Crippen LogP contribution in [0.5, 0.6) is 11.5 Å². The van der Waals surface area contributed by atoms with Gasteiger partial charge in [-0.25, -0.2) is 4.79 Å². The number of hydrogen-bond acceptors (Lipinski definition) is 8. The number of ether oxygens (including phenoxy) is 2. The van der Waals surface area contributed by atoms with E-state index >= 15 is 0 Å². The fourth-order valence-corrected chi connectivity index (χ4v) is 7.68. The zero-order valence-electron chi connectivity index (χ0n) is 22.1. The van der Waals surface area contributed by atoms with Crippen LogP contribution in [0, 0.1) is 0 Å². The molecule has 0 saturated carbocycles. The molecule has 5 rings (SSSR count). The number of nitrogens with zero attached hydrogens (tertiary/aromatic N) is 2. The first kappa shape index (κ1) is 27.2. The van der Waals surface area contributed by atoms with Crippen LogP contribution in [0.3, 0.4) is 0 Å². The SMILES string of the molecule is COc1ccc(C(=O)OC2C=CC=C3CC4(SC)C(=O)N(C)C(Cc5ccccc5)(SC)C(=O)N4C32)cc1O. The van der Waals surface area contributed by atoms with Crippen molar-refractivity contribution in [2.75, 3.05) is 26.7 Å². The number of benzene rings is 2. The van der Waals surface area contributed by atoms with Crippen molar-refractivity contribution in [3.8, 4) is 11.5 Å². The predicted molar refractivity (Wildman–Crippen MR) is 152 cm³/mol. The maximum atomic E-state index is 14.6. The smallest absolute Gasteiger partial charge is 0.338 e. The van der Waals surface area contributed by atoms with Gasteiger partial charge in [0.25, 0.3) is 11.8 Å². The van der Waals surface area contributed by atoms with E-state index in [9.17, 15) is 19.5 Å². The summed E-state index contributed by atoms with van der Waals surface area (Å²) in [5.74, 6) is -0.941. The summed E-state index contributed by atoms with van der Waals surface area (Å²) >= 11 is 2.68. The van der Waals surface area contributed by atoms with Gasteiger partial charge in [-0.05, 0) is 47.9 Å². The van der Waals surface area contributed by atoms with Gasteiger partial charge in [0.05, 0.1) is 18.7 Å². The number of piperazine rings is 1. The van der Waals surface area contributed by atoms with Crippen LogP contribution in [-0.4, -0.2) is 81.2 Å². The van der Waals surface area contributed by atoms with Crippen LogP contribution < -0.4 is 4.74 Å². The van der Waals surface area contributed by atoms with Gasteiger partial charge in [0.2, 0.25) is 0 Å². The van der Waals surface area contributed by atoms with Gasteiger partial charge >= 0.3 is 5.97 Å². The third-order valence-electron chi connectivity index (χ3n) is 7.77. The molecule has 0 radical (unpaired) electrons. The van der Waals surface area contributed by atoms with Crippen LogP contribution in [0.15, 0.2) is 72.3 Å². The van der Waals surface area contributed by atoms with E-state index in [0.717, 1.165) is 11.1 Å². The maximum Gasteiger partial charge on any atom is 0.338 e. The first-order valence-corrected chi connectivity index (χ1v) is 14.9. The highest BCUT2D eigenvalue weighted by atomic mass is 32.2. The zero-order valence-corrected chi connectivity index (χ0v) is 23.8. The van der Waals surface area contributed by atoms with Crippen LogP contribution in [0.1, 0.15) is 22.3 Å². The Kier molecular flexibility index (Phi) is 7.19. The fraction of sp³-hybridized carbons (Fsp3) is 0.345. The van der Waals surface area contributed by atoms with E-state index in [-0.39, 0.29) is 28.9 Å². The number of amides is 2. The van der Waals surface area contributed by atoms with Crippen LogP contribution in [0.4, 0.5) is 0 Å². The summed E-state index contributed by atoms with van der Waals surface area (Å²) in [5.41, 5.74) is 1.95. The Balaban J connectivity index is 1.53. The minimum absolute atomic E-state index is 0.148. The highest BCUT2D eigenvalue weighted by molar-refractivity contribution is 8.01. The largest absolute Gasteiger partial charge is 0.504 e. The lowest BCUT2D eigenvalue weighted by Gasteiger charge is -2.54. The second kappa shape index (κ2) is 10.3. The van der Waals surface area contributed by atoms with Crippen LogP contribution in [0.25, 0.3) is 0 Å². The number of methoxy groups -OCH3 is 1. The fourth-order valence-electron chi connectivity index (χ4n) is 5.73. The third-order valence-corrected chi connectivity index (χ3v) is 10.2. The summed E-state index contributed by atoms with van der Waals surface area (Å²) in [6.45, 7) is 0. The van der Waals surface area contributed by atoms with Crippen molar-refractivity contribution in [3.63, 3.8) is 0 Å². The third kappa shape index (κ3) is 4.21. The van der Waals surface area contributed by atoms with Gasteiger partial charge in [0.15, 0.2) is 21.2 Å². The number of phenols is 1. The molecule has 39 heavy (non-hydrogen) atoms. The molecule has 0 aromatic heterocycles. The number of hydrogen-bond donors (Lipinski definition) is 1. The van der Waals surface area contributed by atoms with E-state index in [2.05, 4.69) is 0 Å². The highest BCUT2D eigenvalue weighted by Gasteiger charge is 2.68. The van der Waals surface area contributed by atoms with Crippen molar-refractivity contribution >= 4 is 41.3 Å². The molecule has 2 amide bonds. The minimum Gasteiger partial charge on any atom is -0.504 e. The number of aromatic hydroxyl groups is 1. The van der Waals surface area contributed by atoms with Gasteiger partial charge in [0, 0.05) is 19.9 Å². The Morgan fingerprint density at radius 3 is 2.49 bits per heavy atom. The molecule has 204 valence electrons. The molecule has 0 spiro atoms. The molecule has 3 aliphatic rings. The van der Waals surface area contributed by atoms with Crippen molar-refractivity contribution in [2.24, 2.45) is 0 Å². The quantitative estimate of drug-likeness (QED) is 0.505. The molecule has 2 aromatic rings. The molecule has 2 heterocycles. The van der Waals surface area contributed by atoms with Crippen LogP contribution >= 0.6 is 23.5 Å². The second-order valence-corrected chi connectivity index (χ2v) is 11.9. The lowest BCUT2D eigenvalue weighted by atomic mass is 9.96. The van der Waals surface area contributed by atoms with Crippen molar-refractivity contribution in [3.05, 3.63) is 83.5 Å². The number of phenolic OH excluding ortho intramolecular Hbond substituents is 1. The number of likely N-dealkylation sites (N-methyl/N-ethyl adjacent to an activating group) is 1. The molecule has 1 aliphatic carbocycles. The van der Waals surface area contributed by atoms with E-state index < -0.39 is 27.9 Å². The van der Waals surface area contributed by atoms with Gasteiger partial charge in [-0.2, -0.15) is 0 Å². The van der Waals surface area contributed by atoms with E-state index in [0.29, 0.717) is 12.8 Å². The zero-order chi connectivity index (χ0) is 27.9. The first-order chi connectivity index (χ1) is 18.7. The number of carbonyl (C=O) groups is 3. The molecule has 2 aromatic carbocycles. The molecule has 10 heteroatoms. The number of carbonyl (C=O) groups excluding carboxylic acids is 3. The molecule has 2 fully saturated rings. The van der Waals surface area contributed by atoms with Gasteiger partial charge < -0.3 is 24.4 Å². The molecule has 4 atom stereocenters. The molecule has 0 bridgehead atoms. The summed E-state index contributed by atoms with van der Waals surface area (Å²) in [5, 5.41) is 10.2. The number of allylic oxidation sites excluding steroid dienone is 2. The first-order valence-electron chi connectivity index (χ1n) is 12.4. The monoisotopic (exact) mass is 566 g/mol. The highest BCUT2D eigenvalue weighted by Crippen LogP contribution is 2.54. The second-order valence-electron chi connectivity index (χ2n) is 9.68. The average Bonchev–Trinajstić information content (AvgIpc) is 3.31. The molecule has 2 aliphatic heterocycles. The van der Waals surface area contributed by atoms with Crippen molar-refractivity contribution in [1.82, 2.24) is 9.80 Å². The number of fused-ring (bicyclic) bond motifs is 3. The Morgan fingerprint density at radius 1 is 1.10 bits per heavy atom. The summed E-state index contributed by atoms with van der Waals surface area (Å²) < 4.78 is 11.0. The Labute approximate surface area is 236 Å². The van der Waals surface area contributed by atoms with Gasteiger partial charge in [-0.3, -0.25) is 9.59 Å². The summed E-state index contributed by atoms with van der Waals surface area (Å²) in [6.07, 6.45) is 8.99. The van der Waals surface area contributed by atoms with E-state index in [1.54, 1.807) is 29.0 Å². The van der Waals surface area contributed by atoms with Crippen LogP contribution in [0.2, 0.25) is 0 Å². The van der Waals surface area contributed by atoms with Gasteiger partial charge in [0.1, 0.15) is 6.10 Å². The summed E-state index contributed by atoms with van der Waals surface area (Å²) in [4.78, 5) is 42.9. The normalized spacial score (nSPS) is 27.6. The Bertz CT molecular complexity index is 1380. The molecule has 2 saturated heterocycles. The Morgan fingerprint density at radius 2 is 1.85 bits per heavy atom. The molecular formula is C29H30N2O6S2. The van der Waals surface area contributed by atoms with Gasteiger partial charge in [-0.1, -0.05) is 42.5 Å².